The lowest BCUT2D eigenvalue weighted by Crippen LogP contribution is -2.38. The minimum atomic E-state index is -0.271. The van der Waals surface area contributed by atoms with Crippen LogP contribution in [0.2, 0.25) is 0 Å². The van der Waals surface area contributed by atoms with Gasteiger partial charge in [-0.25, -0.2) is 0 Å². The van der Waals surface area contributed by atoms with Crippen LogP contribution in [0.1, 0.15) is 61.3 Å². The Labute approximate surface area is 222 Å². The molecular formula is C28H34N6O4. The van der Waals surface area contributed by atoms with E-state index in [1.807, 2.05) is 51.1 Å². The lowest BCUT2D eigenvalue weighted by molar-refractivity contribution is -0.135. The van der Waals surface area contributed by atoms with Gasteiger partial charge in [0.15, 0.2) is 5.82 Å². The molecule has 1 aliphatic heterocycles. The molecule has 1 saturated heterocycles. The normalized spacial score (nSPS) is 15.1. The van der Waals surface area contributed by atoms with E-state index in [1.165, 1.54) is 0 Å². The Bertz CT molecular complexity index is 1260. The molecular weight excluding hydrogens is 484 g/mol. The van der Waals surface area contributed by atoms with Gasteiger partial charge >= 0.3 is 0 Å². The topological polar surface area (TPSA) is 122 Å². The molecule has 3 aromatic rings. The number of benzene rings is 1. The molecule has 200 valence electrons. The Morgan fingerprint density at radius 2 is 2.00 bits per heavy atom. The fraction of sp³-hybridized carbons (Fsp3) is 0.429. The van der Waals surface area contributed by atoms with E-state index in [1.54, 1.807) is 28.3 Å². The van der Waals surface area contributed by atoms with Crippen LogP contribution in [-0.2, 0) is 16.1 Å². The number of nitrogens with one attached hydrogen (secondary N) is 1. The smallest absolute Gasteiger partial charge is 0.258 e. The molecule has 0 spiro atoms. The number of hydrogen-bond acceptors (Lipinski definition) is 7. The summed E-state index contributed by atoms with van der Waals surface area (Å²) in [6.07, 6.45) is 4.04. The summed E-state index contributed by atoms with van der Waals surface area (Å²) in [5.41, 5.74) is 1.95. The highest BCUT2D eigenvalue weighted by Gasteiger charge is 2.31. The molecule has 1 aromatic carbocycles. The van der Waals surface area contributed by atoms with E-state index >= 15 is 0 Å². The average Bonchev–Trinajstić information content (AvgIpc) is 3.59. The number of amides is 3. The van der Waals surface area contributed by atoms with E-state index in [0.717, 1.165) is 12.0 Å². The molecule has 38 heavy (non-hydrogen) atoms. The molecule has 0 saturated carbocycles. The number of nitrogens with zero attached hydrogens (tertiary/aromatic N) is 5. The Hall–Kier alpha value is -4.08. The minimum Gasteiger partial charge on any atom is -0.356 e. The monoisotopic (exact) mass is 518 g/mol. The van der Waals surface area contributed by atoms with Crippen molar-refractivity contribution in [1.82, 2.24) is 30.2 Å². The molecule has 1 N–H and O–H groups in total. The van der Waals surface area contributed by atoms with Crippen molar-refractivity contribution in [3.8, 4) is 11.5 Å². The molecule has 4 rings (SSSR count). The van der Waals surface area contributed by atoms with Gasteiger partial charge < -0.3 is 19.6 Å². The van der Waals surface area contributed by atoms with E-state index in [9.17, 15) is 14.4 Å². The van der Waals surface area contributed by atoms with Crippen molar-refractivity contribution in [3.05, 3.63) is 65.7 Å². The number of likely N-dealkylation sites (tertiary alicyclic amines) is 1. The Kier molecular flexibility index (Phi) is 8.83. The predicted octanol–water partition coefficient (Wildman–Crippen LogP) is 3.27. The van der Waals surface area contributed by atoms with Gasteiger partial charge in [-0.3, -0.25) is 19.4 Å². The second kappa shape index (κ2) is 12.4. The average molecular weight is 519 g/mol. The standard InChI is InChI=1S/C28H34N6O4/c1-4-30-24(35)14-25(36)33-13-11-21(17-33)18-34(16-20-8-7-12-29-15-20)28(37)23-10-6-5-9-22(23)27-31-26(19(2)3)32-38-27/h5-10,12,15,19,21H,4,11,13-14,16-18H2,1-3H3,(H,30,35). The van der Waals surface area contributed by atoms with Crippen molar-refractivity contribution in [2.24, 2.45) is 5.92 Å². The zero-order chi connectivity index (χ0) is 27.1. The Morgan fingerprint density at radius 3 is 2.71 bits per heavy atom. The maximum Gasteiger partial charge on any atom is 0.258 e. The molecule has 0 radical (unpaired) electrons. The number of carbonyl (C=O) groups excluding carboxylic acids is 3. The quantitative estimate of drug-likeness (QED) is 0.409. The van der Waals surface area contributed by atoms with Crippen LogP contribution in [0.4, 0.5) is 0 Å². The second-order valence-electron chi connectivity index (χ2n) is 9.83. The summed E-state index contributed by atoms with van der Waals surface area (Å²) in [5, 5.41) is 6.73. The summed E-state index contributed by atoms with van der Waals surface area (Å²) in [5.74, 6) is 0.440. The van der Waals surface area contributed by atoms with Crippen LogP contribution < -0.4 is 5.32 Å². The third-order valence-corrected chi connectivity index (χ3v) is 6.53. The van der Waals surface area contributed by atoms with E-state index in [-0.39, 0.29) is 36.0 Å². The van der Waals surface area contributed by atoms with Crippen LogP contribution in [-0.4, -0.2) is 68.8 Å². The molecule has 1 atom stereocenters. The van der Waals surface area contributed by atoms with Crippen molar-refractivity contribution in [1.29, 1.82) is 0 Å². The van der Waals surface area contributed by atoms with Crippen LogP contribution >= 0.6 is 0 Å². The van der Waals surface area contributed by atoms with E-state index in [2.05, 4.69) is 20.4 Å². The first kappa shape index (κ1) is 27.0. The molecule has 2 aromatic heterocycles. The van der Waals surface area contributed by atoms with Crippen LogP contribution in [0.3, 0.4) is 0 Å². The van der Waals surface area contributed by atoms with Gasteiger partial charge in [-0.15, -0.1) is 0 Å². The van der Waals surface area contributed by atoms with Crippen LogP contribution in [0.25, 0.3) is 11.5 Å². The van der Waals surface area contributed by atoms with Crippen molar-refractivity contribution in [2.75, 3.05) is 26.2 Å². The maximum atomic E-state index is 14.0. The Balaban J connectivity index is 1.54. The lowest BCUT2D eigenvalue weighted by atomic mass is 10.0. The third kappa shape index (κ3) is 6.62. The molecule has 10 heteroatoms. The largest absolute Gasteiger partial charge is 0.356 e. The number of rotatable bonds is 10. The first-order valence-corrected chi connectivity index (χ1v) is 13.0. The zero-order valence-electron chi connectivity index (χ0n) is 22.1. The summed E-state index contributed by atoms with van der Waals surface area (Å²) in [6, 6.07) is 11.0. The Morgan fingerprint density at radius 1 is 1.18 bits per heavy atom. The number of pyridine rings is 1. The highest BCUT2D eigenvalue weighted by molar-refractivity contribution is 6.00. The van der Waals surface area contributed by atoms with Gasteiger partial charge in [-0.2, -0.15) is 4.98 Å². The van der Waals surface area contributed by atoms with Gasteiger partial charge in [0.25, 0.3) is 11.8 Å². The molecule has 10 nitrogen and oxygen atoms in total. The van der Waals surface area contributed by atoms with Crippen molar-refractivity contribution in [3.63, 3.8) is 0 Å². The van der Waals surface area contributed by atoms with Crippen LogP contribution in [0.5, 0.6) is 0 Å². The van der Waals surface area contributed by atoms with E-state index in [4.69, 9.17) is 4.52 Å². The number of aromatic nitrogens is 3. The minimum absolute atomic E-state index is 0.0805. The molecule has 3 heterocycles. The van der Waals surface area contributed by atoms with E-state index in [0.29, 0.717) is 55.6 Å². The van der Waals surface area contributed by atoms with Gasteiger partial charge in [0.2, 0.25) is 11.8 Å². The van der Waals surface area contributed by atoms with Gasteiger partial charge in [0.1, 0.15) is 6.42 Å². The summed E-state index contributed by atoms with van der Waals surface area (Å²) < 4.78 is 5.51. The lowest BCUT2D eigenvalue weighted by Gasteiger charge is -2.27. The third-order valence-electron chi connectivity index (χ3n) is 6.53. The summed E-state index contributed by atoms with van der Waals surface area (Å²) in [6.45, 7) is 8.15. The van der Waals surface area contributed by atoms with Gasteiger partial charge in [-0.1, -0.05) is 37.2 Å². The predicted molar refractivity (Wildman–Crippen MR) is 141 cm³/mol. The highest BCUT2D eigenvalue weighted by atomic mass is 16.5. The van der Waals surface area contributed by atoms with E-state index < -0.39 is 0 Å². The number of carbonyl (C=O) groups is 3. The fourth-order valence-corrected chi connectivity index (χ4v) is 4.57. The maximum absolute atomic E-state index is 14.0. The zero-order valence-corrected chi connectivity index (χ0v) is 22.1. The summed E-state index contributed by atoms with van der Waals surface area (Å²) in [7, 11) is 0. The van der Waals surface area contributed by atoms with Crippen molar-refractivity contribution >= 4 is 17.7 Å². The summed E-state index contributed by atoms with van der Waals surface area (Å²) in [4.78, 5) is 50.7. The molecule has 1 fully saturated rings. The summed E-state index contributed by atoms with van der Waals surface area (Å²) >= 11 is 0. The highest BCUT2D eigenvalue weighted by Crippen LogP contribution is 2.27. The SMILES string of the molecule is CCNC(=O)CC(=O)N1CCC(CN(Cc2cccnc2)C(=O)c2ccccc2-c2nc(C(C)C)no2)C1. The van der Waals surface area contributed by atoms with Gasteiger partial charge in [0.05, 0.1) is 11.1 Å². The second-order valence-corrected chi connectivity index (χ2v) is 9.83. The van der Waals surface area contributed by atoms with Gasteiger partial charge in [0, 0.05) is 51.0 Å². The van der Waals surface area contributed by atoms with Crippen molar-refractivity contribution in [2.45, 2.75) is 46.1 Å². The molecule has 0 aliphatic carbocycles. The van der Waals surface area contributed by atoms with Crippen LogP contribution in [0, 0.1) is 5.92 Å². The molecule has 1 unspecified atom stereocenters. The first-order chi connectivity index (χ1) is 18.4. The molecule has 3 amide bonds. The first-order valence-electron chi connectivity index (χ1n) is 13.0. The fourth-order valence-electron chi connectivity index (χ4n) is 4.57. The van der Waals surface area contributed by atoms with Crippen molar-refractivity contribution < 1.29 is 18.9 Å². The molecule has 1 aliphatic rings. The van der Waals surface area contributed by atoms with Crippen LogP contribution in [0.15, 0.2) is 53.3 Å². The van der Waals surface area contributed by atoms with Gasteiger partial charge in [-0.05, 0) is 43.0 Å². The molecule has 0 bridgehead atoms. The number of hydrogen-bond donors (Lipinski definition) is 1.